The van der Waals surface area contributed by atoms with Crippen molar-refractivity contribution in [2.24, 2.45) is 0 Å². The summed E-state index contributed by atoms with van der Waals surface area (Å²) in [4.78, 5) is 28.6. The second kappa shape index (κ2) is 6.40. The number of halogens is 1. The Hall–Kier alpha value is -2.96. The number of carbonyl (C=O) groups is 1. The van der Waals surface area contributed by atoms with Gasteiger partial charge in [-0.3, -0.25) is 14.7 Å². The van der Waals surface area contributed by atoms with E-state index < -0.39 is 0 Å². The van der Waals surface area contributed by atoms with Gasteiger partial charge in [0.25, 0.3) is 5.56 Å². The first-order valence-electron chi connectivity index (χ1n) is 8.74. The van der Waals surface area contributed by atoms with Crippen LogP contribution in [0.3, 0.4) is 0 Å². The molecule has 1 unspecified atom stereocenters. The standard InChI is InChI=1S/C19H19FN4O2/c1-2-15-18(11-3-5-12(20)6-4-11)19-22-14(10-17(26)24(19)23-15)9-13-7-8-16(25)21-13/h3-6,10,13,23H,2,7-9H2,1H3,(H,21,25). The zero-order chi connectivity index (χ0) is 18.3. The Kier molecular flexibility index (Phi) is 4.06. The van der Waals surface area contributed by atoms with Crippen molar-refractivity contribution in [1.29, 1.82) is 0 Å². The molecule has 1 saturated heterocycles. The Balaban J connectivity index is 1.83. The van der Waals surface area contributed by atoms with Gasteiger partial charge in [-0.1, -0.05) is 19.1 Å². The Bertz CT molecular complexity index is 1040. The van der Waals surface area contributed by atoms with Gasteiger partial charge in [0.1, 0.15) is 5.82 Å². The summed E-state index contributed by atoms with van der Waals surface area (Å²) in [6.07, 6.45) is 2.46. The number of carbonyl (C=O) groups excluding carboxylic acids is 1. The first-order chi connectivity index (χ1) is 12.5. The molecule has 7 heteroatoms. The fourth-order valence-corrected chi connectivity index (χ4v) is 3.49. The molecule has 3 heterocycles. The number of hydrogen-bond acceptors (Lipinski definition) is 3. The molecule has 134 valence electrons. The fraction of sp³-hybridized carbons (Fsp3) is 0.316. The summed E-state index contributed by atoms with van der Waals surface area (Å²) in [6.45, 7) is 1.98. The van der Waals surface area contributed by atoms with E-state index in [4.69, 9.17) is 0 Å². The van der Waals surface area contributed by atoms with Crippen molar-refractivity contribution in [2.75, 3.05) is 0 Å². The molecule has 0 spiro atoms. The Morgan fingerprint density at radius 1 is 1.27 bits per heavy atom. The van der Waals surface area contributed by atoms with Gasteiger partial charge in [0.15, 0.2) is 5.65 Å². The van der Waals surface area contributed by atoms with E-state index in [0.29, 0.717) is 30.6 Å². The summed E-state index contributed by atoms with van der Waals surface area (Å²) in [5, 5.41) is 6.00. The van der Waals surface area contributed by atoms with Crippen LogP contribution in [0, 0.1) is 5.82 Å². The maximum Gasteiger partial charge on any atom is 0.272 e. The number of rotatable bonds is 4. The van der Waals surface area contributed by atoms with E-state index >= 15 is 0 Å². The van der Waals surface area contributed by atoms with Gasteiger partial charge in [-0.2, -0.15) is 0 Å². The number of aromatic amines is 1. The number of H-pyrrole nitrogens is 1. The summed E-state index contributed by atoms with van der Waals surface area (Å²) in [6, 6.07) is 7.68. The summed E-state index contributed by atoms with van der Waals surface area (Å²) < 4.78 is 14.7. The largest absolute Gasteiger partial charge is 0.353 e. The molecule has 1 atom stereocenters. The predicted octanol–water partition coefficient (Wildman–Crippen LogP) is 2.21. The lowest BCUT2D eigenvalue weighted by Crippen LogP contribution is -2.28. The third-order valence-corrected chi connectivity index (χ3v) is 4.77. The van der Waals surface area contributed by atoms with Gasteiger partial charge in [-0.25, -0.2) is 13.9 Å². The average Bonchev–Trinajstić information content (AvgIpc) is 3.19. The number of aromatic nitrogens is 3. The molecule has 3 aromatic rings. The third kappa shape index (κ3) is 2.89. The van der Waals surface area contributed by atoms with Crippen LogP contribution in [-0.4, -0.2) is 26.5 Å². The monoisotopic (exact) mass is 354 g/mol. The van der Waals surface area contributed by atoms with Crippen molar-refractivity contribution in [3.8, 4) is 11.1 Å². The van der Waals surface area contributed by atoms with Crippen molar-refractivity contribution in [3.63, 3.8) is 0 Å². The van der Waals surface area contributed by atoms with E-state index in [-0.39, 0.29) is 23.3 Å². The van der Waals surface area contributed by atoms with Crippen LogP contribution in [-0.2, 0) is 17.6 Å². The molecule has 1 aliphatic heterocycles. The maximum absolute atomic E-state index is 13.3. The number of amides is 1. The number of nitrogens with one attached hydrogen (secondary N) is 2. The normalized spacial score (nSPS) is 17.0. The van der Waals surface area contributed by atoms with Crippen LogP contribution in [0.2, 0.25) is 0 Å². The number of fused-ring (bicyclic) bond motifs is 1. The molecule has 2 aromatic heterocycles. The first kappa shape index (κ1) is 16.5. The van der Waals surface area contributed by atoms with Crippen molar-refractivity contribution < 1.29 is 9.18 Å². The van der Waals surface area contributed by atoms with Gasteiger partial charge in [0, 0.05) is 36.2 Å². The predicted molar refractivity (Wildman–Crippen MR) is 95.5 cm³/mol. The van der Waals surface area contributed by atoms with Crippen LogP contribution in [0.1, 0.15) is 31.2 Å². The molecule has 1 amide bonds. The lowest BCUT2D eigenvalue weighted by Gasteiger charge is -2.09. The van der Waals surface area contributed by atoms with Crippen LogP contribution in [0.4, 0.5) is 4.39 Å². The van der Waals surface area contributed by atoms with Gasteiger partial charge >= 0.3 is 0 Å². The molecule has 0 radical (unpaired) electrons. The molecule has 1 aromatic carbocycles. The van der Waals surface area contributed by atoms with Gasteiger partial charge in [0.2, 0.25) is 5.91 Å². The topological polar surface area (TPSA) is 79.3 Å². The quantitative estimate of drug-likeness (QED) is 0.754. The molecule has 0 saturated carbocycles. The molecule has 26 heavy (non-hydrogen) atoms. The second-order valence-corrected chi connectivity index (χ2v) is 6.58. The number of hydrogen-bond donors (Lipinski definition) is 2. The molecule has 0 bridgehead atoms. The Morgan fingerprint density at radius 2 is 2.04 bits per heavy atom. The summed E-state index contributed by atoms with van der Waals surface area (Å²) in [5.74, 6) is -0.274. The highest BCUT2D eigenvalue weighted by atomic mass is 19.1. The maximum atomic E-state index is 13.3. The second-order valence-electron chi connectivity index (χ2n) is 6.58. The molecular weight excluding hydrogens is 335 g/mol. The summed E-state index contributed by atoms with van der Waals surface area (Å²) in [5.41, 5.74) is 3.46. The first-order valence-corrected chi connectivity index (χ1v) is 8.74. The Labute approximate surface area is 149 Å². The van der Waals surface area contributed by atoms with Crippen molar-refractivity contribution in [2.45, 2.75) is 38.6 Å². The number of aryl methyl sites for hydroxylation is 1. The fourth-order valence-electron chi connectivity index (χ4n) is 3.49. The van der Waals surface area contributed by atoms with Crippen LogP contribution < -0.4 is 10.9 Å². The van der Waals surface area contributed by atoms with E-state index in [2.05, 4.69) is 15.4 Å². The smallest absolute Gasteiger partial charge is 0.272 e. The molecule has 1 aliphatic rings. The van der Waals surface area contributed by atoms with E-state index in [1.165, 1.54) is 22.7 Å². The van der Waals surface area contributed by atoms with E-state index in [0.717, 1.165) is 23.2 Å². The van der Waals surface area contributed by atoms with Crippen LogP contribution >= 0.6 is 0 Å². The Morgan fingerprint density at radius 3 is 2.69 bits per heavy atom. The zero-order valence-electron chi connectivity index (χ0n) is 14.4. The van der Waals surface area contributed by atoms with Crippen LogP contribution in [0.15, 0.2) is 35.1 Å². The summed E-state index contributed by atoms with van der Waals surface area (Å²) >= 11 is 0. The molecule has 2 N–H and O–H groups in total. The van der Waals surface area contributed by atoms with Gasteiger partial charge in [-0.15, -0.1) is 0 Å². The SMILES string of the molecule is CCc1[nH]n2c(=O)cc(CC3CCC(=O)N3)nc2c1-c1ccc(F)cc1. The minimum Gasteiger partial charge on any atom is -0.353 e. The van der Waals surface area contributed by atoms with E-state index in [9.17, 15) is 14.0 Å². The van der Waals surface area contributed by atoms with Gasteiger partial charge in [-0.05, 0) is 30.5 Å². The lowest BCUT2D eigenvalue weighted by atomic mass is 10.0. The van der Waals surface area contributed by atoms with Crippen molar-refractivity contribution in [3.05, 3.63) is 57.9 Å². The minimum absolute atomic E-state index is 0.00992. The number of nitrogens with zero attached hydrogens (tertiary/aromatic N) is 2. The zero-order valence-corrected chi connectivity index (χ0v) is 14.4. The highest BCUT2D eigenvalue weighted by molar-refractivity contribution is 5.80. The van der Waals surface area contributed by atoms with Crippen LogP contribution in [0.5, 0.6) is 0 Å². The molecule has 6 nitrogen and oxygen atoms in total. The molecule has 4 rings (SSSR count). The average molecular weight is 354 g/mol. The van der Waals surface area contributed by atoms with Crippen molar-refractivity contribution in [1.82, 2.24) is 19.9 Å². The summed E-state index contributed by atoms with van der Waals surface area (Å²) in [7, 11) is 0. The van der Waals surface area contributed by atoms with Gasteiger partial charge < -0.3 is 5.32 Å². The number of benzene rings is 1. The minimum atomic E-state index is -0.311. The molecule has 1 fully saturated rings. The van der Waals surface area contributed by atoms with E-state index in [1.54, 1.807) is 12.1 Å². The highest BCUT2D eigenvalue weighted by Gasteiger charge is 2.23. The van der Waals surface area contributed by atoms with Crippen LogP contribution in [0.25, 0.3) is 16.8 Å². The van der Waals surface area contributed by atoms with E-state index in [1.807, 2.05) is 6.92 Å². The van der Waals surface area contributed by atoms with Gasteiger partial charge in [0.05, 0.1) is 5.69 Å². The molecular formula is C19H19FN4O2. The highest BCUT2D eigenvalue weighted by Crippen LogP contribution is 2.28. The lowest BCUT2D eigenvalue weighted by molar-refractivity contribution is -0.119. The third-order valence-electron chi connectivity index (χ3n) is 4.77. The molecule has 0 aliphatic carbocycles. The van der Waals surface area contributed by atoms with Crippen molar-refractivity contribution >= 4 is 11.6 Å².